The fraction of sp³-hybridized carbons (Fsp3) is 0.294. The summed E-state index contributed by atoms with van der Waals surface area (Å²) in [5.74, 6) is 0. The molecular formula is C17H20BrNO4S. The number of halogens is 1. The molecule has 0 unspecified atom stereocenters. The molecular weight excluding hydrogens is 394 g/mol. The number of aryl methyl sites for hydroxylation is 1. The van der Waals surface area contributed by atoms with Crippen LogP contribution < -0.4 is 4.72 Å². The van der Waals surface area contributed by atoms with Crippen molar-refractivity contribution in [1.82, 2.24) is 4.72 Å². The molecule has 0 spiro atoms. The molecule has 0 aromatic heterocycles. The van der Waals surface area contributed by atoms with Crippen LogP contribution in [0, 0.1) is 6.92 Å². The van der Waals surface area contributed by atoms with Crippen LogP contribution >= 0.6 is 15.9 Å². The summed E-state index contributed by atoms with van der Waals surface area (Å²) in [7, 11) is -3.67. The lowest BCUT2D eigenvalue weighted by Crippen LogP contribution is -2.30. The number of nitrogens with one attached hydrogen (secondary N) is 1. The Morgan fingerprint density at radius 1 is 1.17 bits per heavy atom. The van der Waals surface area contributed by atoms with E-state index in [9.17, 15) is 8.42 Å². The monoisotopic (exact) mass is 413 g/mol. The lowest BCUT2D eigenvalue weighted by Gasteiger charge is -2.19. The van der Waals surface area contributed by atoms with Crippen LogP contribution in [-0.2, 0) is 14.8 Å². The summed E-state index contributed by atoms with van der Waals surface area (Å²) >= 11 is 3.25. The van der Waals surface area contributed by atoms with E-state index in [1.54, 1.807) is 18.2 Å². The first-order valence-electron chi connectivity index (χ1n) is 7.47. The smallest absolute Gasteiger partial charge is 0.241 e. The lowest BCUT2D eigenvalue weighted by atomic mass is 10.1. The van der Waals surface area contributed by atoms with Gasteiger partial charge < -0.3 is 9.84 Å². The molecule has 130 valence electrons. The summed E-state index contributed by atoms with van der Waals surface area (Å²) in [5.41, 5.74) is 1.96. The summed E-state index contributed by atoms with van der Waals surface area (Å²) in [4.78, 5) is 0.176. The van der Waals surface area contributed by atoms with Gasteiger partial charge in [-0.15, -0.1) is 0 Å². The SMILES string of the molecule is Cc1ccc([C@H](CNS(=O)(=O)c2ccccc2Br)OCCO)cc1. The Labute approximate surface area is 150 Å². The molecule has 0 heterocycles. The minimum absolute atomic E-state index is 0.0761. The summed E-state index contributed by atoms with van der Waals surface area (Å²) in [5, 5.41) is 8.98. The summed E-state index contributed by atoms with van der Waals surface area (Å²) < 4.78 is 33.6. The molecule has 2 N–H and O–H groups in total. The average Bonchev–Trinajstić information content (AvgIpc) is 2.56. The quantitative estimate of drug-likeness (QED) is 0.697. The number of aliphatic hydroxyl groups is 1. The second-order valence-electron chi connectivity index (χ2n) is 5.28. The molecule has 2 aromatic rings. The van der Waals surface area contributed by atoms with E-state index in [0.717, 1.165) is 11.1 Å². The van der Waals surface area contributed by atoms with Gasteiger partial charge in [-0.05, 0) is 40.5 Å². The maximum absolute atomic E-state index is 12.5. The van der Waals surface area contributed by atoms with Gasteiger partial charge in [-0.3, -0.25) is 0 Å². The summed E-state index contributed by atoms with van der Waals surface area (Å²) in [6.07, 6.45) is -0.477. The molecule has 0 aliphatic carbocycles. The van der Waals surface area contributed by atoms with E-state index in [1.807, 2.05) is 31.2 Å². The van der Waals surface area contributed by atoms with Crippen molar-refractivity contribution in [3.8, 4) is 0 Å². The van der Waals surface area contributed by atoms with E-state index in [1.165, 1.54) is 6.07 Å². The number of ether oxygens (including phenoxy) is 1. The minimum atomic E-state index is -3.67. The standard InChI is InChI=1S/C17H20BrNO4S/c1-13-6-8-14(9-7-13)16(23-11-10-20)12-19-24(21,22)17-5-3-2-4-15(17)18/h2-9,16,19-20H,10-12H2,1H3/t16-/m0/s1. The van der Waals surface area contributed by atoms with Gasteiger partial charge in [0.15, 0.2) is 0 Å². The Morgan fingerprint density at radius 2 is 1.83 bits per heavy atom. The molecule has 0 bridgehead atoms. The normalized spacial score (nSPS) is 13.0. The van der Waals surface area contributed by atoms with Crippen LogP contribution in [0.4, 0.5) is 0 Å². The first-order chi connectivity index (χ1) is 11.4. The number of sulfonamides is 1. The molecule has 2 rings (SSSR count). The Kier molecular flexibility index (Phi) is 6.94. The lowest BCUT2D eigenvalue weighted by molar-refractivity contribution is 0.0309. The molecule has 0 radical (unpaired) electrons. The van der Waals surface area contributed by atoms with Gasteiger partial charge in [-0.1, -0.05) is 42.0 Å². The first kappa shape index (κ1) is 19.1. The maximum Gasteiger partial charge on any atom is 0.241 e. The molecule has 0 saturated carbocycles. The molecule has 24 heavy (non-hydrogen) atoms. The van der Waals surface area contributed by atoms with E-state index in [4.69, 9.17) is 9.84 Å². The Balaban J connectivity index is 2.15. The largest absolute Gasteiger partial charge is 0.394 e. The van der Waals surface area contributed by atoms with Crippen LogP contribution in [-0.4, -0.2) is 33.3 Å². The minimum Gasteiger partial charge on any atom is -0.394 e. The molecule has 1 atom stereocenters. The molecule has 0 amide bonds. The van der Waals surface area contributed by atoms with Crippen LogP contribution in [0.2, 0.25) is 0 Å². The average molecular weight is 414 g/mol. The van der Waals surface area contributed by atoms with Crippen LogP contribution in [0.15, 0.2) is 57.9 Å². The molecule has 0 fully saturated rings. The Morgan fingerprint density at radius 3 is 2.46 bits per heavy atom. The third kappa shape index (κ3) is 5.12. The molecule has 5 nitrogen and oxygen atoms in total. The highest BCUT2D eigenvalue weighted by molar-refractivity contribution is 9.10. The van der Waals surface area contributed by atoms with Crippen molar-refractivity contribution >= 4 is 26.0 Å². The van der Waals surface area contributed by atoms with Crippen LogP contribution in [0.5, 0.6) is 0 Å². The number of benzene rings is 2. The van der Waals surface area contributed by atoms with Crippen LogP contribution in [0.25, 0.3) is 0 Å². The van der Waals surface area contributed by atoms with Gasteiger partial charge in [-0.2, -0.15) is 0 Å². The van der Waals surface area contributed by atoms with Gasteiger partial charge in [0.25, 0.3) is 0 Å². The topological polar surface area (TPSA) is 75.6 Å². The van der Waals surface area contributed by atoms with Crippen molar-refractivity contribution in [2.75, 3.05) is 19.8 Å². The fourth-order valence-electron chi connectivity index (χ4n) is 2.17. The van der Waals surface area contributed by atoms with Gasteiger partial charge in [0.2, 0.25) is 10.0 Å². The zero-order valence-corrected chi connectivity index (χ0v) is 15.7. The number of aliphatic hydroxyl groups excluding tert-OH is 1. The highest BCUT2D eigenvalue weighted by atomic mass is 79.9. The predicted octanol–water partition coefficient (Wildman–Crippen LogP) is 2.79. The summed E-state index contributed by atoms with van der Waals surface area (Å²) in [6, 6.07) is 14.3. The van der Waals surface area contributed by atoms with Gasteiger partial charge in [0, 0.05) is 11.0 Å². The predicted molar refractivity (Wildman–Crippen MR) is 96.3 cm³/mol. The number of hydrogen-bond donors (Lipinski definition) is 2. The van der Waals surface area contributed by atoms with Gasteiger partial charge in [0.05, 0.1) is 24.2 Å². The van der Waals surface area contributed by atoms with Gasteiger partial charge in [0.1, 0.15) is 0 Å². The number of hydrogen-bond acceptors (Lipinski definition) is 4. The van der Waals surface area contributed by atoms with E-state index in [0.29, 0.717) is 4.47 Å². The number of rotatable bonds is 8. The van der Waals surface area contributed by atoms with Crippen molar-refractivity contribution in [2.45, 2.75) is 17.9 Å². The zero-order valence-electron chi connectivity index (χ0n) is 13.3. The molecule has 0 aliphatic rings. The van der Waals surface area contributed by atoms with E-state index in [2.05, 4.69) is 20.7 Å². The van der Waals surface area contributed by atoms with Crippen molar-refractivity contribution in [3.05, 3.63) is 64.1 Å². The molecule has 7 heteroatoms. The first-order valence-corrected chi connectivity index (χ1v) is 9.75. The van der Waals surface area contributed by atoms with Gasteiger partial charge >= 0.3 is 0 Å². The highest BCUT2D eigenvalue weighted by Crippen LogP contribution is 2.22. The molecule has 0 saturated heterocycles. The van der Waals surface area contributed by atoms with E-state index >= 15 is 0 Å². The summed E-state index contributed by atoms with van der Waals surface area (Å²) in [6.45, 7) is 2.06. The van der Waals surface area contributed by atoms with Gasteiger partial charge in [-0.25, -0.2) is 13.1 Å². The van der Waals surface area contributed by atoms with Crippen LogP contribution in [0.3, 0.4) is 0 Å². The van der Waals surface area contributed by atoms with Crippen molar-refractivity contribution in [2.24, 2.45) is 0 Å². The third-order valence-electron chi connectivity index (χ3n) is 3.44. The molecule has 0 aliphatic heterocycles. The molecule has 2 aromatic carbocycles. The van der Waals surface area contributed by atoms with Crippen LogP contribution in [0.1, 0.15) is 17.2 Å². The Hall–Kier alpha value is -1.25. The van der Waals surface area contributed by atoms with Crippen molar-refractivity contribution in [1.29, 1.82) is 0 Å². The fourth-order valence-corrected chi connectivity index (χ4v) is 4.21. The van der Waals surface area contributed by atoms with Crippen molar-refractivity contribution in [3.63, 3.8) is 0 Å². The zero-order chi connectivity index (χ0) is 17.6. The van der Waals surface area contributed by atoms with E-state index in [-0.39, 0.29) is 24.7 Å². The second kappa shape index (κ2) is 8.73. The van der Waals surface area contributed by atoms with Crippen molar-refractivity contribution < 1.29 is 18.3 Å². The maximum atomic E-state index is 12.5. The Bertz CT molecular complexity index is 762. The third-order valence-corrected chi connectivity index (χ3v) is 5.88. The van der Waals surface area contributed by atoms with E-state index < -0.39 is 16.1 Å². The highest BCUT2D eigenvalue weighted by Gasteiger charge is 2.20. The second-order valence-corrected chi connectivity index (χ2v) is 7.87.